The van der Waals surface area contributed by atoms with Gasteiger partial charge in [-0.2, -0.15) is 24.9 Å². The molecule has 0 amide bonds. The molecule has 0 aromatic carbocycles. The van der Waals surface area contributed by atoms with Crippen LogP contribution in [0.15, 0.2) is 11.6 Å². The number of rotatable bonds is 2. The van der Waals surface area contributed by atoms with Crippen LogP contribution in [0.4, 0.5) is 13.2 Å². The molecule has 0 bridgehead atoms. The Morgan fingerprint density at radius 3 is 2.23 bits per heavy atom. The average Bonchev–Trinajstić information content (AvgIpc) is 2.39. The van der Waals surface area contributed by atoms with Gasteiger partial charge >= 0.3 is 6.18 Å². The lowest BCUT2D eigenvalue weighted by Crippen LogP contribution is -2.33. The minimum atomic E-state index is -4.12. The molecule has 0 heterocycles. The number of thioether (sulfide) groups is 1. The van der Waals surface area contributed by atoms with E-state index in [1.54, 1.807) is 0 Å². The summed E-state index contributed by atoms with van der Waals surface area (Å²) in [5.74, 6) is 1.46. The largest absolute Gasteiger partial charge is 0.412 e. The smallest absolute Gasteiger partial charge is 0.166 e. The summed E-state index contributed by atoms with van der Waals surface area (Å²) in [4.78, 5) is 0. The van der Waals surface area contributed by atoms with Crippen molar-refractivity contribution in [1.82, 2.24) is 0 Å². The number of allylic oxidation sites excluding steroid dienone is 2. The summed E-state index contributed by atoms with van der Waals surface area (Å²) in [6.45, 7) is 9.29. The molecule has 2 aliphatic rings. The Kier molecular flexibility index (Phi) is 5.62. The zero-order valence-corrected chi connectivity index (χ0v) is 15.0. The SMILES string of the molecule is CC1CC(C(C)(C)C)CCC1SC1CC=C(C(F)(F)F)CC1. The first-order chi connectivity index (χ1) is 10.1. The first kappa shape index (κ1) is 18.2. The maximum Gasteiger partial charge on any atom is 0.412 e. The van der Waals surface area contributed by atoms with E-state index in [4.69, 9.17) is 0 Å². The number of alkyl halides is 3. The molecule has 0 N–H and O–H groups in total. The second-order valence-corrected chi connectivity index (χ2v) is 9.70. The molecule has 0 nitrogen and oxygen atoms in total. The minimum absolute atomic E-state index is 0.201. The zero-order chi connectivity index (χ0) is 16.5. The highest BCUT2D eigenvalue weighted by atomic mass is 32.2. The first-order valence-corrected chi connectivity index (χ1v) is 9.43. The van der Waals surface area contributed by atoms with Gasteiger partial charge in [0, 0.05) is 16.1 Å². The Hall–Kier alpha value is -0.120. The highest BCUT2D eigenvalue weighted by Gasteiger charge is 2.38. The van der Waals surface area contributed by atoms with Crippen molar-refractivity contribution in [3.8, 4) is 0 Å². The molecule has 0 aliphatic heterocycles. The lowest BCUT2D eigenvalue weighted by molar-refractivity contribution is -0.0949. The van der Waals surface area contributed by atoms with E-state index >= 15 is 0 Å². The van der Waals surface area contributed by atoms with E-state index in [2.05, 4.69) is 27.7 Å². The summed E-state index contributed by atoms with van der Waals surface area (Å²) < 4.78 is 38.0. The molecule has 4 heteroatoms. The van der Waals surface area contributed by atoms with Crippen molar-refractivity contribution < 1.29 is 13.2 Å². The van der Waals surface area contributed by atoms with Crippen LogP contribution in [0, 0.1) is 17.3 Å². The van der Waals surface area contributed by atoms with Crippen molar-refractivity contribution in [2.45, 2.75) is 82.9 Å². The standard InChI is InChI=1S/C18H29F3S/c1-12-11-14(17(2,3)4)7-10-16(12)22-15-8-5-13(6-9-15)18(19,20)21/h5,12,14-16H,6-11H2,1-4H3. The van der Waals surface area contributed by atoms with E-state index in [-0.39, 0.29) is 12.0 Å². The van der Waals surface area contributed by atoms with Crippen LogP contribution < -0.4 is 0 Å². The number of hydrogen-bond donors (Lipinski definition) is 0. The lowest BCUT2D eigenvalue weighted by atomic mass is 9.69. The summed E-state index contributed by atoms with van der Waals surface area (Å²) in [6, 6.07) is 0. The molecule has 0 saturated heterocycles. The van der Waals surface area contributed by atoms with Crippen LogP contribution in [0.2, 0.25) is 0 Å². The third-order valence-corrected chi connectivity index (χ3v) is 7.27. The second kappa shape index (κ2) is 6.78. The van der Waals surface area contributed by atoms with Gasteiger partial charge in [-0.15, -0.1) is 0 Å². The van der Waals surface area contributed by atoms with Crippen molar-refractivity contribution in [3.05, 3.63) is 11.6 Å². The molecule has 1 fully saturated rings. The van der Waals surface area contributed by atoms with Crippen LogP contribution >= 0.6 is 11.8 Å². The van der Waals surface area contributed by atoms with Gasteiger partial charge in [-0.05, 0) is 55.8 Å². The van der Waals surface area contributed by atoms with E-state index in [0.29, 0.717) is 34.7 Å². The molecule has 128 valence electrons. The molecule has 1 saturated carbocycles. The highest BCUT2D eigenvalue weighted by molar-refractivity contribution is 8.00. The fourth-order valence-corrected chi connectivity index (χ4v) is 5.40. The average molecular weight is 334 g/mol. The van der Waals surface area contributed by atoms with Crippen molar-refractivity contribution in [2.24, 2.45) is 17.3 Å². The maximum atomic E-state index is 12.7. The Labute approximate surface area is 137 Å². The Balaban J connectivity index is 1.85. The topological polar surface area (TPSA) is 0 Å². The molecule has 0 radical (unpaired) electrons. The van der Waals surface area contributed by atoms with Gasteiger partial charge in [0.1, 0.15) is 0 Å². The molecule has 2 aliphatic carbocycles. The van der Waals surface area contributed by atoms with Gasteiger partial charge in [-0.25, -0.2) is 0 Å². The van der Waals surface area contributed by atoms with Crippen LogP contribution in [0.3, 0.4) is 0 Å². The van der Waals surface area contributed by atoms with Gasteiger partial charge in [0.05, 0.1) is 0 Å². The van der Waals surface area contributed by atoms with Crippen molar-refractivity contribution in [1.29, 1.82) is 0 Å². The number of halogens is 3. The Morgan fingerprint density at radius 1 is 1.09 bits per heavy atom. The summed E-state index contributed by atoms with van der Waals surface area (Å²) >= 11 is 1.96. The van der Waals surface area contributed by atoms with Crippen LogP contribution in [-0.4, -0.2) is 16.7 Å². The molecular formula is C18H29F3S. The van der Waals surface area contributed by atoms with Gasteiger partial charge in [-0.3, -0.25) is 0 Å². The van der Waals surface area contributed by atoms with E-state index < -0.39 is 6.18 Å². The van der Waals surface area contributed by atoms with Gasteiger partial charge in [0.15, 0.2) is 0 Å². The van der Waals surface area contributed by atoms with Crippen LogP contribution in [-0.2, 0) is 0 Å². The normalized spacial score (nSPS) is 34.4. The quantitative estimate of drug-likeness (QED) is 0.512. The summed E-state index contributed by atoms with van der Waals surface area (Å²) in [5.41, 5.74) is 0.0628. The fourth-order valence-electron chi connectivity index (χ4n) is 3.80. The van der Waals surface area contributed by atoms with E-state index in [0.717, 1.165) is 5.92 Å². The maximum absolute atomic E-state index is 12.7. The molecular weight excluding hydrogens is 305 g/mol. The molecule has 0 aromatic heterocycles. The van der Waals surface area contributed by atoms with Gasteiger partial charge in [-0.1, -0.05) is 33.8 Å². The second-order valence-electron chi connectivity index (χ2n) is 8.15. The summed E-state index contributed by atoms with van der Waals surface area (Å²) in [5, 5.41) is 1.01. The van der Waals surface area contributed by atoms with Crippen molar-refractivity contribution in [3.63, 3.8) is 0 Å². The predicted molar refractivity (Wildman–Crippen MR) is 89.1 cm³/mol. The van der Waals surface area contributed by atoms with E-state index in [1.807, 2.05) is 11.8 Å². The molecule has 0 aromatic rings. The van der Waals surface area contributed by atoms with Gasteiger partial charge < -0.3 is 0 Å². The molecule has 0 spiro atoms. The summed E-state index contributed by atoms with van der Waals surface area (Å²) in [6.07, 6.45) is 2.54. The molecule has 4 unspecified atom stereocenters. The summed E-state index contributed by atoms with van der Waals surface area (Å²) in [7, 11) is 0. The monoisotopic (exact) mass is 334 g/mol. The van der Waals surface area contributed by atoms with Gasteiger partial charge in [0.25, 0.3) is 0 Å². The van der Waals surface area contributed by atoms with E-state index in [1.165, 1.54) is 25.3 Å². The lowest BCUT2D eigenvalue weighted by Gasteiger charge is -2.41. The predicted octanol–water partition coefficient (Wildman–Crippen LogP) is 6.61. The van der Waals surface area contributed by atoms with E-state index in [9.17, 15) is 13.2 Å². The van der Waals surface area contributed by atoms with Crippen LogP contribution in [0.1, 0.15) is 66.2 Å². The van der Waals surface area contributed by atoms with Gasteiger partial charge in [0.2, 0.25) is 0 Å². The molecule has 4 atom stereocenters. The van der Waals surface area contributed by atoms with Crippen LogP contribution in [0.5, 0.6) is 0 Å². The Bertz CT molecular complexity index is 406. The van der Waals surface area contributed by atoms with Crippen LogP contribution in [0.25, 0.3) is 0 Å². The molecule has 22 heavy (non-hydrogen) atoms. The first-order valence-electron chi connectivity index (χ1n) is 8.49. The van der Waals surface area contributed by atoms with Crippen molar-refractivity contribution >= 4 is 11.8 Å². The Morgan fingerprint density at radius 2 is 1.77 bits per heavy atom. The minimum Gasteiger partial charge on any atom is -0.166 e. The number of hydrogen-bond acceptors (Lipinski definition) is 1. The fraction of sp³-hybridized carbons (Fsp3) is 0.889. The third kappa shape index (κ3) is 4.69. The van der Waals surface area contributed by atoms with Crippen molar-refractivity contribution in [2.75, 3.05) is 0 Å². The zero-order valence-electron chi connectivity index (χ0n) is 14.2. The third-order valence-electron chi connectivity index (χ3n) is 5.41. The highest BCUT2D eigenvalue weighted by Crippen LogP contribution is 2.46. The molecule has 2 rings (SSSR count).